The lowest BCUT2D eigenvalue weighted by Gasteiger charge is -2.29. The van der Waals surface area contributed by atoms with Crippen LogP contribution in [0.2, 0.25) is 0 Å². The minimum absolute atomic E-state index is 0.280. The molecule has 0 unspecified atom stereocenters. The van der Waals surface area contributed by atoms with E-state index in [0.717, 1.165) is 78.0 Å². The zero-order chi connectivity index (χ0) is 46.3. The molecule has 330 valence electrons. The van der Waals surface area contributed by atoms with Gasteiger partial charge in [0.25, 0.3) is 0 Å². The van der Waals surface area contributed by atoms with E-state index in [9.17, 15) is 0 Å². The first-order chi connectivity index (χ1) is 33.6. The Bertz CT molecular complexity index is 4100. The SMILES string of the molecule is Cc1ccc(N(c2ccc3c(c2)C(C)(C)c2cc4c(cc2-3)C(C)(C)c2cc(N(c3ccccc3)c3cccc5c3oc3ccccc35)c3ccccc3c2-4)c2cccc3c2oc2ccccc23)cc1. The first-order valence-corrected chi connectivity index (χ1v) is 24.1. The minimum Gasteiger partial charge on any atom is -0.454 e. The van der Waals surface area contributed by atoms with Crippen molar-refractivity contribution in [1.82, 2.24) is 0 Å². The third kappa shape index (κ3) is 5.63. The number of hydrogen-bond acceptors (Lipinski definition) is 4. The number of fused-ring (bicyclic) bond motifs is 14. The molecule has 0 spiro atoms. The smallest absolute Gasteiger partial charge is 0.159 e. The lowest BCUT2D eigenvalue weighted by molar-refractivity contribution is 0.652. The van der Waals surface area contributed by atoms with Crippen LogP contribution >= 0.6 is 0 Å². The largest absolute Gasteiger partial charge is 0.454 e. The third-order valence-electron chi connectivity index (χ3n) is 15.5. The van der Waals surface area contributed by atoms with E-state index in [1.807, 2.05) is 12.1 Å². The molecule has 2 aliphatic carbocycles. The highest BCUT2D eigenvalue weighted by Gasteiger charge is 2.43. The Morgan fingerprint density at radius 1 is 0.333 bits per heavy atom. The lowest BCUT2D eigenvalue weighted by Crippen LogP contribution is -2.18. The first-order valence-electron chi connectivity index (χ1n) is 24.1. The molecular weight excluding hydrogens is 841 g/mol. The van der Waals surface area contributed by atoms with Crippen LogP contribution in [0, 0.1) is 6.92 Å². The molecule has 14 rings (SSSR count). The second kappa shape index (κ2) is 14.3. The number of hydrogen-bond donors (Lipinski definition) is 0. The molecule has 2 aliphatic rings. The van der Waals surface area contributed by atoms with Crippen molar-refractivity contribution in [3.8, 4) is 22.3 Å². The summed E-state index contributed by atoms with van der Waals surface area (Å²) >= 11 is 0. The standard InChI is InChI=1S/C65H48N2O2/c1-39-29-31-41(32-30-39)66(56-25-15-23-48-45-20-11-13-27-59(45)68-62(48)56)42-33-34-43-50-36-54-51(37-53(50)64(2,3)52(43)35-42)61-47-22-10-9-19-44(47)58(38-55(61)65(54,4)5)67(40-17-7-6-8-18-40)57-26-16-24-49-46-21-12-14-28-60(46)69-63(49)57/h6-38H,1-5H3. The third-order valence-corrected chi connectivity index (χ3v) is 15.5. The Morgan fingerprint density at radius 3 is 1.49 bits per heavy atom. The van der Waals surface area contributed by atoms with E-state index < -0.39 is 0 Å². The zero-order valence-electron chi connectivity index (χ0n) is 39.3. The van der Waals surface area contributed by atoms with Crippen LogP contribution in [-0.2, 0) is 10.8 Å². The van der Waals surface area contributed by atoms with Crippen molar-refractivity contribution in [2.45, 2.75) is 45.4 Å². The van der Waals surface area contributed by atoms with E-state index in [1.54, 1.807) is 0 Å². The number of nitrogens with zero attached hydrogens (tertiary/aromatic N) is 2. The summed E-state index contributed by atoms with van der Waals surface area (Å²) in [5, 5.41) is 6.91. The van der Waals surface area contributed by atoms with E-state index in [-0.39, 0.29) is 10.8 Å². The molecule has 0 bridgehead atoms. The molecule has 0 fully saturated rings. The van der Waals surface area contributed by atoms with Crippen LogP contribution in [0.4, 0.5) is 34.1 Å². The monoisotopic (exact) mass is 888 g/mol. The molecule has 0 aliphatic heterocycles. The Balaban J connectivity index is 0.937. The van der Waals surface area contributed by atoms with Gasteiger partial charge in [-0.1, -0.05) is 155 Å². The Kier molecular flexibility index (Phi) is 8.27. The summed E-state index contributed by atoms with van der Waals surface area (Å²) in [6.07, 6.45) is 0. The van der Waals surface area contributed by atoms with Gasteiger partial charge >= 0.3 is 0 Å². The fraction of sp³-hybridized carbons (Fsp3) is 0.108. The average Bonchev–Trinajstić information content (AvgIpc) is 4.08. The maximum Gasteiger partial charge on any atom is 0.159 e. The highest BCUT2D eigenvalue weighted by atomic mass is 16.3. The van der Waals surface area contributed by atoms with Gasteiger partial charge in [-0.3, -0.25) is 0 Å². The predicted molar refractivity (Wildman–Crippen MR) is 288 cm³/mol. The van der Waals surface area contributed by atoms with Gasteiger partial charge in [-0.2, -0.15) is 0 Å². The van der Waals surface area contributed by atoms with Crippen molar-refractivity contribution < 1.29 is 8.83 Å². The molecule has 0 N–H and O–H groups in total. The zero-order valence-corrected chi connectivity index (χ0v) is 39.3. The van der Waals surface area contributed by atoms with Crippen molar-refractivity contribution in [1.29, 1.82) is 0 Å². The molecule has 2 aromatic heterocycles. The van der Waals surface area contributed by atoms with E-state index in [1.165, 1.54) is 60.8 Å². The predicted octanol–water partition coefficient (Wildman–Crippen LogP) is 18.5. The molecule has 0 radical (unpaired) electrons. The molecule has 4 nitrogen and oxygen atoms in total. The van der Waals surface area contributed by atoms with E-state index in [4.69, 9.17) is 8.83 Å². The van der Waals surface area contributed by atoms with Gasteiger partial charge in [-0.15, -0.1) is 0 Å². The number of anilines is 6. The van der Waals surface area contributed by atoms with Crippen LogP contribution in [0.3, 0.4) is 0 Å². The van der Waals surface area contributed by atoms with Crippen molar-refractivity contribution in [2.75, 3.05) is 9.80 Å². The van der Waals surface area contributed by atoms with Crippen LogP contribution in [0.1, 0.15) is 55.5 Å². The lowest BCUT2D eigenvalue weighted by atomic mass is 9.79. The fourth-order valence-corrected chi connectivity index (χ4v) is 12.0. The Hall–Kier alpha value is -8.34. The summed E-state index contributed by atoms with van der Waals surface area (Å²) in [6, 6.07) is 73.0. The highest BCUT2D eigenvalue weighted by Crippen LogP contribution is 2.60. The van der Waals surface area contributed by atoms with Crippen molar-refractivity contribution in [2.24, 2.45) is 0 Å². The van der Waals surface area contributed by atoms with Crippen LogP contribution in [0.5, 0.6) is 0 Å². The van der Waals surface area contributed by atoms with Gasteiger partial charge < -0.3 is 18.6 Å². The average molecular weight is 889 g/mol. The summed E-state index contributed by atoms with van der Waals surface area (Å²) in [7, 11) is 0. The molecule has 0 amide bonds. The summed E-state index contributed by atoms with van der Waals surface area (Å²) in [5.74, 6) is 0. The van der Waals surface area contributed by atoms with E-state index in [2.05, 4.69) is 232 Å². The quantitative estimate of drug-likeness (QED) is 0.167. The van der Waals surface area contributed by atoms with Gasteiger partial charge in [0.2, 0.25) is 0 Å². The number of aryl methyl sites for hydroxylation is 1. The minimum atomic E-state index is -0.299. The van der Waals surface area contributed by atoms with Gasteiger partial charge in [0, 0.05) is 54.8 Å². The van der Waals surface area contributed by atoms with E-state index in [0.29, 0.717) is 0 Å². The topological polar surface area (TPSA) is 32.8 Å². The van der Waals surface area contributed by atoms with Crippen LogP contribution in [0.15, 0.2) is 209 Å². The second-order valence-electron chi connectivity index (χ2n) is 20.1. The number of rotatable bonds is 6. The Morgan fingerprint density at radius 2 is 0.826 bits per heavy atom. The van der Waals surface area contributed by atoms with Gasteiger partial charge in [0.15, 0.2) is 11.2 Å². The summed E-state index contributed by atoms with van der Waals surface area (Å²) < 4.78 is 13.4. The second-order valence-corrected chi connectivity index (χ2v) is 20.1. The molecule has 0 saturated heterocycles. The molecule has 2 heterocycles. The van der Waals surface area contributed by atoms with Crippen LogP contribution in [-0.4, -0.2) is 0 Å². The Labute approximate surface area is 401 Å². The van der Waals surface area contributed by atoms with Crippen LogP contribution < -0.4 is 9.80 Å². The van der Waals surface area contributed by atoms with Crippen molar-refractivity contribution in [3.05, 3.63) is 228 Å². The maximum atomic E-state index is 6.75. The molecule has 0 atom stereocenters. The van der Waals surface area contributed by atoms with Gasteiger partial charge in [-0.25, -0.2) is 0 Å². The van der Waals surface area contributed by atoms with Gasteiger partial charge in [0.05, 0.1) is 17.1 Å². The molecule has 10 aromatic carbocycles. The van der Waals surface area contributed by atoms with Crippen LogP contribution in [0.25, 0.3) is 76.9 Å². The van der Waals surface area contributed by atoms with Gasteiger partial charge in [0.1, 0.15) is 11.2 Å². The maximum absolute atomic E-state index is 6.75. The first kappa shape index (κ1) is 39.8. The van der Waals surface area contributed by atoms with Gasteiger partial charge in [-0.05, 0) is 136 Å². The fourth-order valence-electron chi connectivity index (χ4n) is 12.0. The number of furan rings is 2. The molecule has 0 saturated carbocycles. The molecule has 69 heavy (non-hydrogen) atoms. The number of benzene rings is 10. The molecular formula is C65H48N2O2. The normalized spacial score (nSPS) is 14.1. The highest BCUT2D eigenvalue weighted by molar-refractivity contribution is 6.15. The van der Waals surface area contributed by atoms with Crippen molar-refractivity contribution in [3.63, 3.8) is 0 Å². The summed E-state index contributed by atoms with van der Waals surface area (Å²) in [6.45, 7) is 11.8. The van der Waals surface area contributed by atoms with E-state index >= 15 is 0 Å². The molecule has 4 heteroatoms. The number of para-hydroxylation sites is 5. The van der Waals surface area contributed by atoms with Crippen molar-refractivity contribution >= 4 is 88.8 Å². The summed E-state index contributed by atoms with van der Waals surface area (Å²) in [5.41, 5.74) is 21.2. The molecule has 12 aromatic rings. The summed E-state index contributed by atoms with van der Waals surface area (Å²) in [4.78, 5) is 4.79.